The zero-order chi connectivity index (χ0) is 17.5. The molecule has 1 atom stereocenters. The lowest BCUT2D eigenvalue weighted by atomic mass is 10.1. The molecule has 2 rings (SSSR count). The molecule has 0 aromatic heterocycles. The van der Waals surface area contributed by atoms with E-state index in [-0.39, 0.29) is 12.1 Å². The van der Waals surface area contributed by atoms with Crippen LogP contribution in [-0.4, -0.2) is 38.7 Å². The molecule has 2 N–H and O–H groups in total. The molecule has 0 fully saturated rings. The Balaban J connectivity index is 1.98. The number of likely N-dealkylation sites (N-methyl/N-ethyl adjacent to an activating group) is 1. The molecule has 0 spiro atoms. The number of hydrogen-bond donors (Lipinski definition) is 2. The number of nitrogens with one attached hydrogen (secondary N) is 2. The lowest BCUT2D eigenvalue weighted by molar-refractivity contribution is 0.243. The molecule has 2 aromatic carbocycles. The largest absolute Gasteiger partial charge is 0.497 e. The topological polar surface area (TPSA) is 53.6 Å². The van der Waals surface area contributed by atoms with Crippen LogP contribution in [0, 0.1) is 0 Å². The number of ether oxygens (including phenoxy) is 1. The first-order valence-corrected chi connectivity index (χ1v) is 7.99. The third kappa shape index (κ3) is 4.88. The maximum Gasteiger partial charge on any atom is 0.319 e. The fraction of sp³-hybridized carbons (Fsp3) is 0.278. The molecule has 0 radical (unpaired) electrons. The van der Waals surface area contributed by atoms with Crippen LogP contribution in [0.4, 0.5) is 10.5 Å². The van der Waals surface area contributed by atoms with E-state index < -0.39 is 0 Å². The first kappa shape index (κ1) is 18.1. The van der Waals surface area contributed by atoms with Gasteiger partial charge in [0.2, 0.25) is 0 Å². The number of methoxy groups -OCH3 is 1. The Hall–Kier alpha value is -2.24. The van der Waals surface area contributed by atoms with E-state index >= 15 is 0 Å². The van der Waals surface area contributed by atoms with E-state index in [1.807, 2.05) is 50.5 Å². The lowest BCUT2D eigenvalue weighted by Crippen LogP contribution is -2.36. The Bertz CT molecular complexity index is 674. The van der Waals surface area contributed by atoms with Crippen molar-refractivity contribution in [3.63, 3.8) is 0 Å². The van der Waals surface area contributed by atoms with Crippen molar-refractivity contribution in [3.05, 3.63) is 59.1 Å². The van der Waals surface area contributed by atoms with E-state index in [1.54, 1.807) is 19.2 Å². The van der Waals surface area contributed by atoms with Crippen molar-refractivity contribution in [1.29, 1.82) is 0 Å². The number of urea groups is 1. The number of hydrogen-bond acceptors (Lipinski definition) is 3. The minimum absolute atomic E-state index is 0.0490. The maximum atomic E-state index is 12.1. The van der Waals surface area contributed by atoms with Crippen LogP contribution in [0.1, 0.15) is 11.6 Å². The number of carbonyl (C=O) groups excluding carboxylic acids is 1. The molecule has 0 saturated carbocycles. The van der Waals surface area contributed by atoms with E-state index in [9.17, 15) is 4.79 Å². The van der Waals surface area contributed by atoms with Crippen molar-refractivity contribution in [3.8, 4) is 5.75 Å². The van der Waals surface area contributed by atoms with Crippen LogP contribution in [-0.2, 0) is 0 Å². The van der Waals surface area contributed by atoms with Gasteiger partial charge in [-0.15, -0.1) is 0 Å². The summed E-state index contributed by atoms with van der Waals surface area (Å²) in [7, 11) is 5.59. The number of carbonyl (C=O) groups is 1. The summed E-state index contributed by atoms with van der Waals surface area (Å²) in [6.45, 7) is 0.468. The summed E-state index contributed by atoms with van der Waals surface area (Å²) in [5, 5.41) is 6.15. The average Bonchev–Trinajstić information content (AvgIpc) is 2.57. The van der Waals surface area contributed by atoms with Crippen molar-refractivity contribution < 1.29 is 9.53 Å². The zero-order valence-electron chi connectivity index (χ0n) is 14.0. The molecule has 128 valence electrons. The summed E-state index contributed by atoms with van der Waals surface area (Å²) in [5.41, 5.74) is 1.68. The normalized spacial score (nSPS) is 11.9. The van der Waals surface area contributed by atoms with Gasteiger partial charge in [-0.1, -0.05) is 35.9 Å². The van der Waals surface area contributed by atoms with Gasteiger partial charge in [-0.05, 0) is 43.9 Å². The predicted molar refractivity (Wildman–Crippen MR) is 97.9 cm³/mol. The van der Waals surface area contributed by atoms with Gasteiger partial charge in [0.15, 0.2) is 0 Å². The third-order valence-corrected chi connectivity index (χ3v) is 4.03. The van der Waals surface area contributed by atoms with Crippen LogP contribution in [0.5, 0.6) is 5.75 Å². The fourth-order valence-electron chi connectivity index (χ4n) is 2.34. The van der Waals surface area contributed by atoms with E-state index in [2.05, 4.69) is 15.5 Å². The molecular weight excluding hydrogens is 326 g/mol. The van der Waals surface area contributed by atoms with Crippen LogP contribution < -0.4 is 15.4 Å². The highest BCUT2D eigenvalue weighted by Gasteiger charge is 2.15. The summed E-state index contributed by atoms with van der Waals surface area (Å²) >= 11 is 6.04. The van der Waals surface area contributed by atoms with Gasteiger partial charge in [-0.25, -0.2) is 4.79 Å². The molecule has 1 unspecified atom stereocenters. The van der Waals surface area contributed by atoms with Crippen LogP contribution >= 0.6 is 11.6 Å². The summed E-state index contributed by atoms with van der Waals surface area (Å²) in [5.74, 6) is 0.806. The second kappa shape index (κ2) is 8.57. The highest BCUT2D eigenvalue weighted by Crippen LogP contribution is 2.22. The first-order valence-electron chi connectivity index (χ1n) is 7.61. The maximum absolute atomic E-state index is 12.1. The van der Waals surface area contributed by atoms with Crippen LogP contribution in [0.15, 0.2) is 48.5 Å². The van der Waals surface area contributed by atoms with Crippen LogP contribution in [0.3, 0.4) is 0 Å². The summed E-state index contributed by atoms with van der Waals surface area (Å²) in [6, 6.07) is 14.7. The molecule has 24 heavy (non-hydrogen) atoms. The molecule has 2 aromatic rings. The van der Waals surface area contributed by atoms with Crippen molar-refractivity contribution in [1.82, 2.24) is 10.2 Å². The smallest absolute Gasteiger partial charge is 0.319 e. The fourth-order valence-corrected chi connectivity index (χ4v) is 2.53. The average molecular weight is 348 g/mol. The Morgan fingerprint density at radius 1 is 1.17 bits per heavy atom. The lowest BCUT2D eigenvalue weighted by Gasteiger charge is -2.25. The third-order valence-electron chi connectivity index (χ3n) is 3.70. The highest BCUT2D eigenvalue weighted by molar-refractivity contribution is 6.33. The van der Waals surface area contributed by atoms with Crippen molar-refractivity contribution in [2.45, 2.75) is 6.04 Å². The Morgan fingerprint density at radius 3 is 2.42 bits per heavy atom. The number of rotatable bonds is 6. The van der Waals surface area contributed by atoms with E-state index in [0.717, 1.165) is 11.3 Å². The number of halogens is 1. The molecule has 0 aliphatic rings. The summed E-state index contributed by atoms with van der Waals surface area (Å²) < 4.78 is 5.18. The molecule has 0 heterocycles. The molecule has 5 nitrogen and oxygen atoms in total. The van der Waals surface area contributed by atoms with Crippen LogP contribution in [0.2, 0.25) is 5.02 Å². The van der Waals surface area contributed by atoms with Gasteiger partial charge in [-0.2, -0.15) is 0 Å². The minimum atomic E-state index is -0.288. The van der Waals surface area contributed by atoms with Gasteiger partial charge in [-0.3, -0.25) is 0 Å². The monoisotopic (exact) mass is 347 g/mol. The van der Waals surface area contributed by atoms with Crippen LogP contribution in [0.25, 0.3) is 0 Å². The number of para-hydroxylation sites is 1. The minimum Gasteiger partial charge on any atom is -0.497 e. The molecule has 6 heteroatoms. The summed E-state index contributed by atoms with van der Waals surface area (Å²) in [4.78, 5) is 14.2. The van der Waals surface area contributed by atoms with Gasteiger partial charge >= 0.3 is 6.03 Å². The van der Waals surface area contributed by atoms with Gasteiger partial charge in [0.1, 0.15) is 5.75 Å². The van der Waals surface area contributed by atoms with Crippen molar-refractivity contribution >= 4 is 23.3 Å². The highest BCUT2D eigenvalue weighted by atomic mass is 35.5. The summed E-state index contributed by atoms with van der Waals surface area (Å²) in [6.07, 6.45) is 0. The number of nitrogens with zero attached hydrogens (tertiary/aromatic N) is 1. The van der Waals surface area contributed by atoms with Gasteiger partial charge in [0.25, 0.3) is 0 Å². The van der Waals surface area contributed by atoms with E-state index in [4.69, 9.17) is 16.3 Å². The molecule has 0 aliphatic heterocycles. The predicted octanol–water partition coefficient (Wildman–Crippen LogP) is 3.77. The van der Waals surface area contributed by atoms with Crippen molar-refractivity contribution in [2.24, 2.45) is 0 Å². The molecule has 0 aliphatic carbocycles. The van der Waals surface area contributed by atoms with Gasteiger partial charge < -0.3 is 20.3 Å². The van der Waals surface area contributed by atoms with Gasteiger partial charge in [0, 0.05) is 6.54 Å². The SMILES string of the molecule is COc1ccc(C(CNC(=O)Nc2ccccc2Cl)N(C)C)cc1. The second-order valence-corrected chi connectivity index (χ2v) is 5.97. The van der Waals surface area contributed by atoms with Gasteiger partial charge in [0.05, 0.1) is 23.9 Å². The number of anilines is 1. The Labute approximate surface area is 147 Å². The van der Waals surface area contributed by atoms with Crippen molar-refractivity contribution in [2.75, 3.05) is 33.1 Å². The molecule has 0 bridgehead atoms. The van der Waals surface area contributed by atoms with E-state index in [1.165, 1.54) is 0 Å². The number of benzene rings is 2. The standard InChI is InChI=1S/C18H22ClN3O2/c1-22(2)17(13-8-10-14(24-3)11-9-13)12-20-18(23)21-16-7-5-4-6-15(16)19/h4-11,17H,12H2,1-3H3,(H2,20,21,23). The number of amides is 2. The zero-order valence-corrected chi connectivity index (χ0v) is 14.8. The quantitative estimate of drug-likeness (QED) is 0.836. The van der Waals surface area contributed by atoms with E-state index in [0.29, 0.717) is 17.3 Å². The Kier molecular flexibility index (Phi) is 6.46. The molecule has 2 amide bonds. The molecule has 0 saturated heterocycles. The first-order chi connectivity index (χ1) is 11.5. The molecular formula is C18H22ClN3O2. The Morgan fingerprint density at radius 2 is 1.83 bits per heavy atom. The second-order valence-electron chi connectivity index (χ2n) is 5.57.